The minimum Gasteiger partial charge on any atom is -0.585 e. The van der Waals surface area contributed by atoms with Crippen LogP contribution in [-0.2, 0) is 25.9 Å². The van der Waals surface area contributed by atoms with E-state index in [4.69, 9.17) is 26.9 Å². The van der Waals surface area contributed by atoms with E-state index < -0.39 is 21.2 Å². The molecule has 0 spiro atoms. The number of sulfone groups is 1. The number of nitrogens with zero attached hydrogens (tertiary/aromatic N) is 6. The Balaban J connectivity index is 1.62. The third kappa shape index (κ3) is 7.06. The number of rotatable bonds is 10. The van der Waals surface area contributed by atoms with Crippen molar-refractivity contribution in [2.75, 3.05) is 13.4 Å². The Morgan fingerprint density at radius 1 is 1.21 bits per heavy atom. The van der Waals surface area contributed by atoms with E-state index in [1.54, 1.807) is 43.3 Å². The predicted octanol–water partition coefficient (Wildman–Crippen LogP) is 3.27. The van der Waals surface area contributed by atoms with Crippen LogP contribution in [0.5, 0.6) is 5.88 Å². The number of hydrogen-bond acceptors (Lipinski definition) is 12. The molecule has 0 radical (unpaired) electrons. The number of nitrogens with one attached hydrogen (secondary N) is 1. The Bertz CT molecular complexity index is 1780. The van der Waals surface area contributed by atoms with Crippen molar-refractivity contribution in [1.82, 2.24) is 29.5 Å². The van der Waals surface area contributed by atoms with Crippen LogP contribution in [0.3, 0.4) is 0 Å². The SMILES string of the molecule is C=C(OC(/C=C(\C)N[S+]([O-])c1nnc(-c2ccc(S(C)(=O)=O)cn2)n1-c1ccccc1Cl)=N\N)c1ccnc(OC)c1. The van der Waals surface area contributed by atoms with Crippen LogP contribution in [0.2, 0.25) is 5.02 Å². The highest BCUT2D eigenvalue weighted by atomic mass is 35.5. The monoisotopic (exact) mass is 628 g/mol. The van der Waals surface area contributed by atoms with Crippen molar-refractivity contribution >= 4 is 44.5 Å². The van der Waals surface area contributed by atoms with E-state index in [0.717, 1.165) is 6.26 Å². The molecule has 0 fully saturated rings. The Labute approximate surface area is 250 Å². The van der Waals surface area contributed by atoms with Gasteiger partial charge in [-0.05, 0) is 37.3 Å². The predicted molar refractivity (Wildman–Crippen MR) is 159 cm³/mol. The molecule has 4 aromatic rings. The zero-order valence-corrected chi connectivity index (χ0v) is 24.9. The summed E-state index contributed by atoms with van der Waals surface area (Å²) in [6.45, 7) is 5.50. The minimum absolute atomic E-state index is 0.0136. The molecule has 13 nitrogen and oxygen atoms in total. The molecule has 4 rings (SSSR count). The lowest BCUT2D eigenvalue weighted by atomic mass is 10.2. The van der Waals surface area contributed by atoms with Crippen molar-refractivity contribution in [3.8, 4) is 23.1 Å². The fourth-order valence-corrected chi connectivity index (χ4v) is 5.21. The van der Waals surface area contributed by atoms with Crippen molar-refractivity contribution in [3.63, 3.8) is 0 Å². The fourth-order valence-electron chi connectivity index (χ4n) is 3.52. The van der Waals surface area contributed by atoms with Crippen LogP contribution >= 0.6 is 11.6 Å². The average molecular weight is 629 g/mol. The first-order valence-corrected chi connectivity index (χ1v) is 15.3. The molecule has 1 aromatic carbocycles. The average Bonchev–Trinajstić information content (AvgIpc) is 3.41. The Morgan fingerprint density at radius 2 is 1.98 bits per heavy atom. The number of benzene rings is 1. The summed E-state index contributed by atoms with van der Waals surface area (Å²) in [4.78, 5) is 8.31. The summed E-state index contributed by atoms with van der Waals surface area (Å²) in [5.74, 6) is 6.27. The van der Waals surface area contributed by atoms with Crippen molar-refractivity contribution in [3.05, 3.63) is 89.9 Å². The van der Waals surface area contributed by atoms with E-state index in [1.165, 1.54) is 42.3 Å². The van der Waals surface area contributed by atoms with Gasteiger partial charge in [0.15, 0.2) is 15.7 Å². The summed E-state index contributed by atoms with van der Waals surface area (Å²) in [6, 6.07) is 13.0. The molecule has 0 saturated carbocycles. The molecular weight excluding hydrogens is 604 g/mol. The van der Waals surface area contributed by atoms with Gasteiger partial charge in [0, 0.05) is 36.4 Å². The van der Waals surface area contributed by atoms with Crippen molar-refractivity contribution in [2.45, 2.75) is 17.0 Å². The quantitative estimate of drug-likeness (QED) is 0.0656. The van der Waals surface area contributed by atoms with Crippen LogP contribution in [0, 0.1) is 0 Å². The largest absolute Gasteiger partial charge is 0.585 e. The highest BCUT2D eigenvalue weighted by molar-refractivity contribution is 7.90. The first kappa shape index (κ1) is 30.5. The van der Waals surface area contributed by atoms with E-state index in [1.807, 2.05) is 0 Å². The van der Waals surface area contributed by atoms with Gasteiger partial charge in [0.25, 0.3) is 0 Å². The maximum Gasteiger partial charge on any atom is 0.375 e. The Hall–Kier alpha value is -4.44. The number of allylic oxidation sites excluding steroid dienone is 1. The normalized spacial score (nSPS) is 13.0. The highest BCUT2D eigenvalue weighted by Gasteiger charge is 2.28. The van der Waals surface area contributed by atoms with Gasteiger partial charge in [0.05, 0.1) is 28.4 Å². The van der Waals surface area contributed by atoms with Crippen LogP contribution in [0.15, 0.2) is 94.4 Å². The number of nitrogens with two attached hydrogens (primary N) is 1. The summed E-state index contributed by atoms with van der Waals surface area (Å²) in [5, 5.41) is 12.3. The maximum absolute atomic E-state index is 13.5. The number of halogens is 1. The summed E-state index contributed by atoms with van der Waals surface area (Å²) in [6.07, 6.45) is 5.25. The van der Waals surface area contributed by atoms with Crippen molar-refractivity contribution in [2.24, 2.45) is 10.9 Å². The number of pyridine rings is 2. The van der Waals surface area contributed by atoms with E-state index >= 15 is 0 Å². The van der Waals surface area contributed by atoms with Crippen LogP contribution in [0.4, 0.5) is 0 Å². The van der Waals surface area contributed by atoms with E-state index in [0.29, 0.717) is 27.9 Å². The lowest BCUT2D eigenvalue weighted by Gasteiger charge is -2.14. The van der Waals surface area contributed by atoms with Crippen molar-refractivity contribution in [1.29, 1.82) is 0 Å². The van der Waals surface area contributed by atoms with Gasteiger partial charge in [-0.3, -0.25) is 4.98 Å². The second-order valence-electron chi connectivity index (χ2n) is 8.52. The van der Waals surface area contributed by atoms with Gasteiger partial charge in [-0.2, -0.15) is 0 Å². The van der Waals surface area contributed by atoms with Crippen molar-refractivity contribution < 1.29 is 22.4 Å². The Kier molecular flexibility index (Phi) is 9.47. The minimum atomic E-state index is -3.47. The van der Waals surface area contributed by atoms with Gasteiger partial charge in [-0.25, -0.2) is 22.7 Å². The van der Waals surface area contributed by atoms with Gasteiger partial charge in [0.2, 0.25) is 11.8 Å². The molecule has 0 amide bonds. The number of methoxy groups -OCH3 is 1. The molecular formula is C26H25ClN8O5S2. The molecule has 1 atom stereocenters. The zero-order chi connectivity index (χ0) is 30.4. The molecule has 0 aliphatic rings. The topological polar surface area (TPSA) is 183 Å². The zero-order valence-electron chi connectivity index (χ0n) is 22.6. The number of ether oxygens (including phenoxy) is 2. The lowest BCUT2D eigenvalue weighted by molar-refractivity contribution is 0.397. The molecule has 42 heavy (non-hydrogen) atoms. The maximum atomic E-state index is 13.5. The molecule has 218 valence electrons. The smallest absolute Gasteiger partial charge is 0.375 e. The van der Waals surface area contributed by atoms with Gasteiger partial charge >= 0.3 is 5.16 Å². The summed E-state index contributed by atoms with van der Waals surface area (Å²) in [7, 11) is -1.98. The van der Waals surface area contributed by atoms with Gasteiger partial charge in [-0.15, -0.1) is 10.2 Å². The molecule has 3 heterocycles. The number of hydrazone groups is 1. The molecule has 0 aliphatic carbocycles. The van der Waals surface area contributed by atoms with E-state index in [9.17, 15) is 13.0 Å². The summed E-state index contributed by atoms with van der Waals surface area (Å²) in [5.41, 5.74) is 1.65. The van der Waals surface area contributed by atoms with Gasteiger partial charge in [0.1, 0.15) is 22.8 Å². The summed E-state index contributed by atoms with van der Waals surface area (Å²) >= 11 is 4.49. The molecule has 16 heteroatoms. The lowest BCUT2D eigenvalue weighted by Crippen LogP contribution is -2.26. The number of hydrogen-bond donors (Lipinski definition) is 2. The molecule has 1 unspecified atom stereocenters. The van der Waals surface area contributed by atoms with Gasteiger partial charge < -0.3 is 19.9 Å². The van der Waals surface area contributed by atoms with Gasteiger partial charge in [-0.1, -0.05) is 35.4 Å². The first-order chi connectivity index (χ1) is 20.0. The van der Waals surface area contributed by atoms with Crippen LogP contribution in [0.25, 0.3) is 23.0 Å². The second-order valence-corrected chi connectivity index (χ2v) is 12.1. The van der Waals surface area contributed by atoms with E-state index in [-0.39, 0.29) is 33.2 Å². The fraction of sp³-hybridized carbons (Fsp3) is 0.115. The Morgan fingerprint density at radius 3 is 2.62 bits per heavy atom. The second kappa shape index (κ2) is 13.0. The molecule has 0 saturated heterocycles. The third-order valence-electron chi connectivity index (χ3n) is 5.50. The first-order valence-electron chi connectivity index (χ1n) is 11.9. The molecule has 3 aromatic heterocycles. The molecule has 3 N–H and O–H groups in total. The molecule has 0 bridgehead atoms. The third-order valence-corrected chi connectivity index (χ3v) is 8.02. The highest BCUT2D eigenvalue weighted by Crippen LogP contribution is 2.29. The molecule has 0 aliphatic heterocycles. The van der Waals surface area contributed by atoms with Crippen LogP contribution in [-0.4, -0.2) is 57.0 Å². The van der Waals surface area contributed by atoms with E-state index in [2.05, 4.69) is 36.6 Å². The van der Waals surface area contributed by atoms with Crippen LogP contribution < -0.4 is 15.3 Å². The number of para-hydroxylation sites is 1. The van der Waals surface area contributed by atoms with Crippen LogP contribution in [0.1, 0.15) is 12.5 Å². The standard InChI is InChI=1S/C26H25ClN8O5S2/c1-16(13-24(31-28)40-17(2)18-11-12-29-23(14-18)39-3)34-41(36)26-33-32-25(35(26)22-8-6-5-7-20(22)27)21-10-9-19(15-30-21)42(4,37)38/h5-15,34H,2,28H2,1,3-4H3/b16-13+,31-24-. The summed E-state index contributed by atoms with van der Waals surface area (Å²) < 4.78 is 52.4. The number of aromatic nitrogens is 5.